The molecule has 2 nitrogen and oxygen atoms in total. The van der Waals surface area contributed by atoms with E-state index in [0.717, 1.165) is 25.1 Å². The summed E-state index contributed by atoms with van der Waals surface area (Å²) >= 11 is 5.80. The second kappa shape index (κ2) is 6.18. The molecular weight excluding hydrogens is 234 g/mol. The van der Waals surface area contributed by atoms with E-state index in [9.17, 15) is 4.79 Å². The van der Waals surface area contributed by atoms with Gasteiger partial charge in [-0.2, -0.15) is 0 Å². The van der Waals surface area contributed by atoms with E-state index in [0.29, 0.717) is 17.4 Å². The molecule has 0 radical (unpaired) electrons. The number of hydrogen-bond acceptors (Lipinski definition) is 2. The summed E-state index contributed by atoms with van der Waals surface area (Å²) in [5.41, 5.74) is 0.776. The quantitative estimate of drug-likeness (QED) is 0.832. The molecule has 0 aromatic heterocycles. The van der Waals surface area contributed by atoms with Gasteiger partial charge in [0.15, 0.2) is 5.78 Å². The van der Waals surface area contributed by atoms with Crippen LogP contribution < -0.4 is 5.32 Å². The van der Waals surface area contributed by atoms with Gasteiger partial charge in [-0.25, -0.2) is 0 Å². The zero-order chi connectivity index (χ0) is 12.1. The highest BCUT2D eigenvalue weighted by Crippen LogP contribution is 2.18. The van der Waals surface area contributed by atoms with E-state index in [1.54, 1.807) is 12.1 Å². The Morgan fingerprint density at radius 2 is 2.12 bits per heavy atom. The molecule has 1 aromatic rings. The number of Topliss-reactive ketones (excluding diaryl/α,β-unsaturated/α-hetero) is 1. The third-order valence-corrected chi connectivity index (χ3v) is 3.60. The average Bonchev–Trinajstić information content (AvgIpc) is 2.38. The first-order valence-corrected chi connectivity index (χ1v) is 6.63. The summed E-state index contributed by atoms with van der Waals surface area (Å²) < 4.78 is 0. The number of rotatable bonds is 4. The average molecular weight is 252 g/mol. The van der Waals surface area contributed by atoms with Crippen LogP contribution in [0.3, 0.4) is 0 Å². The Bertz CT molecular complexity index is 368. The first-order chi connectivity index (χ1) is 8.25. The molecule has 0 bridgehead atoms. The van der Waals surface area contributed by atoms with Gasteiger partial charge in [-0.15, -0.1) is 0 Å². The summed E-state index contributed by atoms with van der Waals surface area (Å²) in [5.74, 6) is 0.896. The van der Waals surface area contributed by atoms with Crippen molar-refractivity contribution in [3.05, 3.63) is 34.9 Å². The van der Waals surface area contributed by atoms with E-state index in [-0.39, 0.29) is 5.78 Å². The highest BCUT2D eigenvalue weighted by Gasteiger charge is 2.15. The molecule has 0 aliphatic carbocycles. The van der Waals surface area contributed by atoms with Crippen LogP contribution in [0.1, 0.15) is 36.0 Å². The minimum Gasteiger partial charge on any atom is -0.316 e. The van der Waals surface area contributed by atoms with Crippen molar-refractivity contribution in [1.82, 2.24) is 5.32 Å². The van der Waals surface area contributed by atoms with E-state index >= 15 is 0 Å². The smallest absolute Gasteiger partial charge is 0.162 e. The molecule has 1 fully saturated rings. The second-order valence-corrected chi connectivity index (χ2v) is 5.12. The van der Waals surface area contributed by atoms with Crippen LogP contribution in [-0.2, 0) is 0 Å². The Kier molecular flexibility index (Phi) is 4.57. The van der Waals surface area contributed by atoms with Gasteiger partial charge in [0.05, 0.1) is 0 Å². The number of halogens is 1. The lowest BCUT2D eigenvalue weighted by atomic mass is 9.92. The number of nitrogens with one attached hydrogen (secondary N) is 1. The van der Waals surface area contributed by atoms with Crippen LogP contribution in [0, 0.1) is 5.92 Å². The van der Waals surface area contributed by atoms with Crippen molar-refractivity contribution in [3.63, 3.8) is 0 Å². The van der Waals surface area contributed by atoms with Gasteiger partial charge in [0.25, 0.3) is 0 Å². The molecule has 1 aliphatic heterocycles. The Morgan fingerprint density at radius 1 is 1.35 bits per heavy atom. The second-order valence-electron chi connectivity index (χ2n) is 4.68. The van der Waals surface area contributed by atoms with E-state index < -0.39 is 0 Å². The topological polar surface area (TPSA) is 29.1 Å². The summed E-state index contributed by atoms with van der Waals surface area (Å²) in [5, 5.41) is 4.06. The molecule has 1 atom stereocenters. The van der Waals surface area contributed by atoms with Crippen LogP contribution in [0.15, 0.2) is 24.3 Å². The van der Waals surface area contributed by atoms with Crippen LogP contribution in [0.25, 0.3) is 0 Å². The largest absolute Gasteiger partial charge is 0.316 e. The SMILES string of the molecule is O=C(CCC1CCCNC1)c1ccc(Cl)cc1. The third kappa shape index (κ3) is 3.83. The fourth-order valence-electron chi connectivity index (χ4n) is 2.29. The first-order valence-electron chi connectivity index (χ1n) is 6.25. The first kappa shape index (κ1) is 12.6. The maximum Gasteiger partial charge on any atom is 0.162 e. The maximum absolute atomic E-state index is 11.9. The Morgan fingerprint density at radius 3 is 2.76 bits per heavy atom. The standard InChI is InChI=1S/C14H18ClNO/c15-13-6-4-12(5-7-13)14(17)8-3-11-2-1-9-16-10-11/h4-7,11,16H,1-3,8-10H2. The van der Waals surface area contributed by atoms with Gasteiger partial charge in [0.1, 0.15) is 0 Å². The molecule has 0 amide bonds. The highest BCUT2D eigenvalue weighted by molar-refractivity contribution is 6.30. The summed E-state index contributed by atoms with van der Waals surface area (Å²) in [6.07, 6.45) is 4.13. The van der Waals surface area contributed by atoms with E-state index in [1.165, 1.54) is 12.8 Å². The van der Waals surface area contributed by atoms with Crippen LogP contribution >= 0.6 is 11.6 Å². The lowest BCUT2D eigenvalue weighted by Crippen LogP contribution is -2.30. The van der Waals surface area contributed by atoms with Crippen LogP contribution in [0.5, 0.6) is 0 Å². The van der Waals surface area contributed by atoms with Gasteiger partial charge in [-0.1, -0.05) is 11.6 Å². The number of hydrogen-bond donors (Lipinski definition) is 1. The Hall–Kier alpha value is -0.860. The molecule has 1 aliphatic rings. The minimum absolute atomic E-state index is 0.229. The third-order valence-electron chi connectivity index (χ3n) is 3.34. The lowest BCUT2D eigenvalue weighted by Gasteiger charge is -2.22. The molecule has 0 saturated carbocycles. The number of carbonyl (C=O) groups is 1. The summed E-state index contributed by atoms with van der Waals surface area (Å²) in [6, 6.07) is 7.17. The monoisotopic (exact) mass is 251 g/mol. The predicted octanol–water partition coefficient (Wildman–Crippen LogP) is 3.30. The van der Waals surface area contributed by atoms with Gasteiger partial charge in [-0.05, 0) is 62.5 Å². The maximum atomic E-state index is 11.9. The van der Waals surface area contributed by atoms with Crippen molar-refractivity contribution in [1.29, 1.82) is 0 Å². The fraction of sp³-hybridized carbons (Fsp3) is 0.500. The van der Waals surface area contributed by atoms with Crippen LogP contribution in [-0.4, -0.2) is 18.9 Å². The normalized spacial score (nSPS) is 20.2. The molecule has 92 valence electrons. The molecule has 1 aromatic carbocycles. The number of ketones is 1. The van der Waals surface area contributed by atoms with Crippen LogP contribution in [0.2, 0.25) is 5.02 Å². The number of piperidine rings is 1. The Balaban J connectivity index is 1.82. The van der Waals surface area contributed by atoms with Crippen LogP contribution in [0.4, 0.5) is 0 Å². The fourth-order valence-corrected chi connectivity index (χ4v) is 2.41. The van der Waals surface area contributed by atoms with Crippen molar-refractivity contribution in [2.45, 2.75) is 25.7 Å². The summed E-state index contributed by atoms with van der Waals surface area (Å²) in [4.78, 5) is 11.9. The van der Waals surface area contributed by atoms with Gasteiger partial charge >= 0.3 is 0 Å². The van der Waals surface area contributed by atoms with E-state index in [4.69, 9.17) is 11.6 Å². The van der Waals surface area contributed by atoms with Gasteiger partial charge in [0, 0.05) is 17.0 Å². The van der Waals surface area contributed by atoms with Crippen molar-refractivity contribution in [2.75, 3.05) is 13.1 Å². The number of carbonyl (C=O) groups excluding carboxylic acids is 1. The molecule has 0 spiro atoms. The predicted molar refractivity (Wildman–Crippen MR) is 70.6 cm³/mol. The molecule has 1 N–H and O–H groups in total. The molecule has 3 heteroatoms. The molecule has 17 heavy (non-hydrogen) atoms. The zero-order valence-electron chi connectivity index (χ0n) is 9.92. The number of benzene rings is 1. The molecule has 2 rings (SSSR count). The zero-order valence-corrected chi connectivity index (χ0v) is 10.7. The van der Waals surface area contributed by atoms with Crippen molar-refractivity contribution < 1.29 is 4.79 Å². The van der Waals surface area contributed by atoms with Crippen molar-refractivity contribution in [2.24, 2.45) is 5.92 Å². The highest BCUT2D eigenvalue weighted by atomic mass is 35.5. The van der Waals surface area contributed by atoms with Gasteiger partial charge in [-0.3, -0.25) is 4.79 Å². The van der Waals surface area contributed by atoms with Gasteiger partial charge < -0.3 is 5.32 Å². The molecular formula is C14H18ClNO. The molecule has 1 saturated heterocycles. The molecule has 1 heterocycles. The minimum atomic E-state index is 0.229. The Labute approximate surface area is 107 Å². The lowest BCUT2D eigenvalue weighted by molar-refractivity contribution is 0.0971. The summed E-state index contributed by atoms with van der Waals surface area (Å²) in [6.45, 7) is 2.19. The van der Waals surface area contributed by atoms with E-state index in [2.05, 4.69) is 5.32 Å². The van der Waals surface area contributed by atoms with Crippen molar-refractivity contribution in [3.8, 4) is 0 Å². The van der Waals surface area contributed by atoms with E-state index in [1.807, 2.05) is 12.1 Å². The summed E-state index contributed by atoms with van der Waals surface area (Å²) in [7, 11) is 0. The molecule has 1 unspecified atom stereocenters. The van der Waals surface area contributed by atoms with Gasteiger partial charge in [0.2, 0.25) is 0 Å². The van der Waals surface area contributed by atoms with Crippen molar-refractivity contribution >= 4 is 17.4 Å².